The number of nitro benzene ring substituents is 1. The molecule has 116 valence electrons. The lowest BCUT2D eigenvalue weighted by atomic mass is 10.1. The first kappa shape index (κ1) is 14.7. The van der Waals surface area contributed by atoms with Crippen LogP contribution in [0.3, 0.4) is 0 Å². The van der Waals surface area contributed by atoms with Gasteiger partial charge in [0.05, 0.1) is 28.8 Å². The summed E-state index contributed by atoms with van der Waals surface area (Å²) in [6.45, 7) is 4.40. The molecule has 2 heterocycles. The molecule has 3 rings (SSSR count). The number of pyridine rings is 1. The van der Waals surface area contributed by atoms with Gasteiger partial charge in [-0.25, -0.2) is 0 Å². The van der Waals surface area contributed by atoms with Gasteiger partial charge in [-0.1, -0.05) is 6.07 Å². The van der Waals surface area contributed by atoms with Gasteiger partial charge >= 0.3 is 0 Å². The highest BCUT2D eigenvalue weighted by atomic mass is 16.7. The predicted molar refractivity (Wildman–Crippen MR) is 79.8 cm³/mol. The Balaban J connectivity index is 1.98. The van der Waals surface area contributed by atoms with E-state index in [1.54, 1.807) is 18.3 Å². The highest BCUT2D eigenvalue weighted by Gasteiger charge is 2.32. The van der Waals surface area contributed by atoms with E-state index >= 15 is 0 Å². The molecule has 1 aromatic carbocycles. The molecular formula is C15H16N2O5. The van der Waals surface area contributed by atoms with Crippen molar-refractivity contribution in [3.05, 3.63) is 50.9 Å². The van der Waals surface area contributed by atoms with Crippen molar-refractivity contribution in [3.63, 3.8) is 0 Å². The first-order valence-electron chi connectivity index (χ1n) is 6.96. The summed E-state index contributed by atoms with van der Waals surface area (Å²) >= 11 is 0. The number of fused-ring (bicyclic) bond motifs is 1. The van der Waals surface area contributed by atoms with Crippen LogP contribution < -0.4 is 5.56 Å². The number of hydrogen-bond acceptors (Lipinski definition) is 5. The van der Waals surface area contributed by atoms with Crippen molar-refractivity contribution in [3.8, 4) is 0 Å². The number of aromatic nitrogens is 1. The molecule has 1 saturated heterocycles. The second-order valence-electron chi connectivity index (χ2n) is 5.72. The lowest BCUT2D eigenvalue weighted by Crippen LogP contribution is -2.29. The lowest BCUT2D eigenvalue weighted by molar-refractivity contribution is -0.383. The van der Waals surface area contributed by atoms with Gasteiger partial charge < -0.3 is 14.0 Å². The zero-order valence-electron chi connectivity index (χ0n) is 12.3. The average molecular weight is 304 g/mol. The van der Waals surface area contributed by atoms with Crippen LogP contribution >= 0.6 is 0 Å². The van der Waals surface area contributed by atoms with Gasteiger partial charge in [-0.3, -0.25) is 14.9 Å². The van der Waals surface area contributed by atoms with Gasteiger partial charge in [-0.05, 0) is 26.0 Å². The monoisotopic (exact) mass is 304 g/mol. The Kier molecular flexibility index (Phi) is 3.46. The first-order valence-corrected chi connectivity index (χ1v) is 6.96. The first-order chi connectivity index (χ1) is 10.4. The van der Waals surface area contributed by atoms with Crippen LogP contribution in [-0.4, -0.2) is 28.0 Å². The minimum atomic E-state index is -0.649. The normalized spacial score (nSPS) is 20.4. The maximum Gasteiger partial charge on any atom is 0.277 e. The Morgan fingerprint density at radius 1 is 1.36 bits per heavy atom. The molecule has 2 aromatic rings. The molecular weight excluding hydrogens is 288 g/mol. The number of benzene rings is 1. The molecule has 7 heteroatoms. The molecule has 1 fully saturated rings. The summed E-state index contributed by atoms with van der Waals surface area (Å²) in [7, 11) is 0. The number of hydrogen-bond donors (Lipinski definition) is 0. The van der Waals surface area contributed by atoms with Crippen LogP contribution in [0.1, 0.15) is 13.8 Å². The molecule has 0 bridgehead atoms. The Hall–Kier alpha value is -2.25. The second kappa shape index (κ2) is 5.19. The molecule has 1 aromatic heterocycles. The van der Waals surface area contributed by atoms with Crippen LogP contribution in [0.25, 0.3) is 10.8 Å². The summed E-state index contributed by atoms with van der Waals surface area (Å²) < 4.78 is 12.7. The van der Waals surface area contributed by atoms with Gasteiger partial charge in [0.2, 0.25) is 0 Å². The van der Waals surface area contributed by atoms with Crippen molar-refractivity contribution < 1.29 is 14.4 Å². The molecule has 0 spiro atoms. The third kappa shape index (κ3) is 2.60. The Morgan fingerprint density at radius 2 is 2.14 bits per heavy atom. The SMILES string of the molecule is CC1(C)OCC(Cn2ccc3c([N+](=O)[O-])cccc3c2=O)O1. The van der Waals surface area contributed by atoms with Gasteiger partial charge in [-0.2, -0.15) is 0 Å². The fourth-order valence-corrected chi connectivity index (χ4v) is 2.68. The van der Waals surface area contributed by atoms with E-state index in [2.05, 4.69) is 0 Å². The minimum Gasteiger partial charge on any atom is -0.348 e. The highest BCUT2D eigenvalue weighted by Crippen LogP contribution is 2.25. The zero-order chi connectivity index (χ0) is 15.9. The third-order valence-electron chi connectivity index (χ3n) is 3.66. The van der Waals surface area contributed by atoms with Gasteiger partial charge in [0.15, 0.2) is 5.79 Å². The van der Waals surface area contributed by atoms with E-state index in [0.29, 0.717) is 23.9 Å². The van der Waals surface area contributed by atoms with Gasteiger partial charge in [0.25, 0.3) is 11.2 Å². The topological polar surface area (TPSA) is 83.6 Å². The van der Waals surface area contributed by atoms with Crippen molar-refractivity contribution in [1.82, 2.24) is 4.57 Å². The van der Waals surface area contributed by atoms with Crippen molar-refractivity contribution in [2.45, 2.75) is 32.3 Å². The van der Waals surface area contributed by atoms with E-state index < -0.39 is 10.7 Å². The van der Waals surface area contributed by atoms with Gasteiger partial charge in [0.1, 0.15) is 6.10 Å². The van der Waals surface area contributed by atoms with Crippen LogP contribution in [0.5, 0.6) is 0 Å². The van der Waals surface area contributed by atoms with E-state index in [0.717, 1.165) is 0 Å². The smallest absolute Gasteiger partial charge is 0.277 e. The van der Waals surface area contributed by atoms with Crippen LogP contribution in [0.2, 0.25) is 0 Å². The molecule has 1 atom stereocenters. The summed E-state index contributed by atoms with van der Waals surface area (Å²) in [6, 6.07) is 6.10. The van der Waals surface area contributed by atoms with Crippen molar-refractivity contribution >= 4 is 16.5 Å². The van der Waals surface area contributed by atoms with Crippen molar-refractivity contribution in [1.29, 1.82) is 0 Å². The average Bonchev–Trinajstić information content (AvgIpc) is 2.80. The third-order valence-corrected chi connectivity index (χ3v) is 3.66. The van der Waals surface area contributed by atoms with Gasteiger partial charge in [-0.15, -0.1) is 0 Å². The summed E-state index contributed by atoms with van der Waals surface area (Å²) in [5.41, 5.74) is -0.335. The standard InChI is InChI=1S/C15H16N2O5/c1-15(2)21-9-10(22-15)8-16-7-6-11-12(14(16)18)4-3-5-13(11)17(19)20/h3-7,10H,8-9H2,1-2H3. The van der Waals surface area contributed by atoms with Crippen molar-refractivity contribution in [2.75, 3.05) is 6.61 Å². The molecule has 1 aliphatic heterocycles. The summed E-state index contributed by atoms with van der Waals surface area (Å²) in [6.07, 6.45) is 1.34. The predicted octanol–water partition coefficient (Wildman–Crippen LogP) is 2.06. The summed E-state index contributed by atoms with van der Waals surface area (Å²) in [5.74, 6) is -0.649. The quantitative estimate of drug-likeness (QED) is 0.640. The second-order valence-corrected chi connectivity index (χ2v) is 5.72. The number of rotatable bonds is 3. The maximum absolute atomic E-state index is 12.5. The fourth-order valence-electron chi connectivity index (χ4n) is 2.68. The molecule has 0 aliphatic carbocycles. The minimum absolute atomic E-state index is 0.0664. The number of nitro groups is 1. The Bertz CT molecular complexity index is 796. The maximum atomic E-state index is 12.5. The molecule has 7 nitrogen and oxygen atoms in total. The number of ether oxygens (including phenoxy) is 2. The van der Waals surface area contributed by atoms with E-state index in [9.17, 15) is 14.9 Å². The molecule has 1 aliphatic rings. The van der Waals surface area contributed by atoms with Gasteiger partial charge in [0, 0.05) is 12.3 Å². The van der Waals surface area contributed by atoms with Crippen LogP contribution in [0, 0.1) is 10.1 Å². The zero-order valence-corrected chi connectivity index (χ0v) is 12.3. The molecule has 1 unspecified atom stereocenters. The molecule has 0 amide bonds. The molecule has 22 heavy (non-hydrogen) atoms. The number of non-ortho nitro benzene ring substituents is 1. The van der Waals surface area contributed by atoms with Crippen LogP contribution in [-0.2, 0) is 16.0 Å². The van der Waals surface area contributed by atoms with Crippen LogP contribution in [0.4, 0.5) is 5.69 Å². The highest BCUT2D eigenvalue weighted by molar-refractivity contribution is 5.89. The van der Waals surface area contributed by atoms with Crippen molar-refractivity contribution in [2.24, 2.45) is 0 Å². The molecule has 0 saturated carbocycles. The Labute approximate surface area is 126 Å². The van der Waals surface area contributed by atoms with E-state index in [1.807, 2.05) is 13.8 Å². The molecule has 0 radical (unpaired) electrons. The summed E-state index contributed by atoms with van der Waals surface area (Å²) in [5, 5.41) is 11.7. The summed E-state index contributed by atoms with van der Waals surface area (Å²) in [4.78, 5) is 23.0. The van der Waals surface area contributed by atoms with E-state index in [-0.39, 0.29) is 17.4 Å². The van der Waals surface area contributed by atoms with E-state index in [4.69, 9.17) is 9.47 Å². The largest absolute Gasteiger partial charge is 0.348 e. The van der Waals surface area contributed by atoms with E-state index in [1.165, 1.54) is 16.7 Å². The lowest BCUT2D eigenvalue weighted by Gasteiger charge is -2.17. The van der Waals surface area contributed by atoms with Crippen LogP contribution in [0.15, 0.2) is 35.3 Å². The fraction of sp³-hybridized carbons (Fsp3) is 0.400. The number of nitrogens with zero attached hydrogens (tertiary/aromatic N) is 2. The molecule has 0 N–H and O–H groups in total. The Morgan fingerprint density at radius 3 is 2.77 bits per heavy atom.